The van der Waals surface area contributed by atoms with Crippen LogP contribution in [0.25, 0.3) is 0 Å². The summed E-state index contributed by atoms with van der Waals surface area (Å²) in [5.74, 6) is 0.483. The maximum Gasteiger partial charge on any atom is 0.270 e. The quantitative estimate of drug-likeness (QED) is 0.919. The van der Waals surface area contributed by atoms with E-state index in [1.807, 2.05) is 6.92 Å². The van der Waals surface area contributed by atoms with Gasteiger partial charge in [0.25, 0.3) is 5.91 Å². The molecular weight excluding hydrogens is 252 g/mol. The van der Waals surface area contributed by atoms with Crippen molar-refractivity contribution in [2.75, 3.05) is 0 Å². The summed E-state index contributed by atoms with van der Waals surface area (Å²) in [5, 5.41) is 16.6. The lowest BCUT2D eigenvalue weighted by atomic mass is 9.76. The summed E-state index contributed by atoms with van der Waals surface area (Å²) in [7, 11) is 1.74. The number of hydrogen-bond acceptors (Lipinski definition) is 3. The summed E-state index contributed by atoms with van der Waals surface area (Å²) in [5.41, 5.74) is 0.606. The summed E-state index contributed by atoms with van der Waals surface area (Å²) in [6, 6.07) is 4.08. The summed E-state index contributed by atoms with van der Waals surface area (Å²) in [6.45, 7) is 4.03. The monoisotopic (exact) mass is 274 g/mol. The number of aryl methyl sites for hydroxylation is 2. The first-order valence-electron chi connectivity index (χ1n) is 7.24. The minimum absolute atomic E-state index is 0.204. The van der Waals surface area contributed by atoms with E-state index in [9.17, 15) is 10.1 Å². The molecular formula is C15H22N4O. The van der Waals surface area contributed by atoms with Crippen LogP contribution in [0.2, 0.25) is 0 Å². The fraction of sp³-hybridized carbons (Fsp3) is 0.667. The molecule has 0 aliphatic heterocycles. The molecule has 1 amide bonds. The van der Waals surface area contributed by atoms with Crippen molar-refractivity contribution in [2.24, 2.45) is 13.0 Å². The van der Waals surface area contributed by atoms with Crippen molar-refractivity contribution in [3.8, 4) is 6.07 Å². The lowest BCUT2D eigenvalue weighted by Gasteiger charge is -2.35. The Morgan fingerprint density at radius 3 is 2.70 bits per heavy atom. The minimum Gasteiger partial charge on any atom is -0.332 e. The SMILES string of the molecule is CCC1CCC(C#N)(NC(=O)c2cc(C)nn2C)CC1. The van der Waals surface area contributed by atoms with Crippen molar-refractivity contribution in [1.82, 2.24) is 15.1 Å². The van der Waals surface area contributed by atoms with Crippen LogP contribution in [0.3, 0.4) is 0 Å². The Balaban J connectivity index is 2.09. The summed E-state index contributed by atoms with van der Waals surface area (Å²) >= 11 is 0. The smallest absolute Gasteiger partial charge is 0.270 e. The van der Waals surface area contributed by atoms with Gasteiger partial charge < -0.3 is 5.32 Å². The van der Waals surface area contributed by atoms with Gasteiger partial charge in [0.1, 0.15) is 11.2 Å². The number of rotatable bonds is 3. The van der Waals surface area contributed by atoms with E-state index in [1.165, 1.54) is 0 Å². The summed E-state index contributed by atoms with van der Waals surface area (Å²) in [6.07, 6.45) is 4.65. The highest BCUT2D eigenvalue weighted by Crippen LogP contribution is 2.33. The van der Waals surface area contributed by atoms with Crippen molar-refractivity contribution in [1.29, 1.82) is 5.26 Å². The largest absolute Gasteiger partial charge is 0.332 e. The number of aromatic nitrogens is 2. The molecule has 2 rings (SSSR count). The zero-order valence-corrected chi connectivity index (χ0v) is 12.4. The van der Waals surface area contributed by atoms with E-state index in [2.05, 4.69) is 23.4 Å². The second kappa shape index (κ2) is 5.66. The lowest BCUT2D eigenvalue weighted by Crippen LogP contribution is -2.50. The third kappa shape index (κ3) is 2.84. The molecule has 0 spiro atoms. The Labute approximate surface area is 120 Å². The van der Waals surface area contributed by atoms with Gasteiger partial charge in [0, 0.05) is 7.05 Å². The van der Waals surface area contributed by atoms with Crippen LogP contribution in [0.5, 0.6) is 0 Å². The van der Waals surface area contributed by atoms with Crippen LogP contribution in [0.4, 0.5) is 0 Å². The maximum atomic E-state index is 12.3. The average molecular weight is 274 g/mol. The van der Waals surface area contributed by atoms with E-state index < -0.39 is 5.54 Å². The summed E-state index contributed by atoms with van der Waals surface area (Å²) in [4.78, 5) is 12.3. The molecule has 1 N–H and O–H groups in total. The lowest BCUT2D eigenvalue weighted by molar-refractivity contribution is 0.0881. The number of nitrogens with one attached hydrogen (secondary N) is 1. The second-order valence-electron chi connectivity index (χ2n) is 5.79. The van der Waals surface area contributed by atoms with Gasteiger partial charge in [0.05, 0.1) is 11.8 Å². The van der Waals surface area contributed by atoms with Gasteiger partial charge in [0.2, 0.25) is 0 Å². The molecule has 5 heteroatoms. The first kappa shape index (κ1) is 14.6. The predicted octanol–water partition coefficient (Wildman–Crippen LogP) is 2.32. The van der Waals surface area contributed by atoms with Gasteiger partial charge in [-0.05, 0) is 44.6 Å². The van der Waals surface area contributed by atoms with Gasteiger partial charge in [-0.25, -0.2) is 0 Å². The molecule has 1 fully saturated rings. The number of carbonyl (C=O) groups excluding carboxylic acids is 1. The number of carbonyl (C=O) groups is 1. The molecule has 0 radical (unpaired) electrons. The van der Waals surface area contributed by atoms with Crippen molar-refractivity contribution >= 4 is 5.91 Å². The van der Waals surface area contributed by atoms with Crippen LogP contribution in [-0.4, -0.2) is 21.2 Å². The molecule has 0 unspecified atom stereocenters. The Morgan fingerprint density at radius 1 is 1.60 bits per heavy atom. The molecule has 1 heterocycles. The fourth-order valence-corrected chi connectivity index (χ4v) is 2.95. The molecule has 5 nitrogen and oxygen atoms in total. The van der Waals surface area contributed by atoms with E-state index in [-0.39, 0.29) is 5.91 Å². The van der Waals surface area contributed by atoms with E-state index in [4.69, 9.17) is 0 Å². The van der Waals surface area contributed by atoms with Crippen molar-refractivity contribution < 1.29 is 4.79 Å². The highest BCUT2D eigenvalue weighted by atomic mass is 16.2. The Bertz CT molecular complexity index is 533. The third-order valence-corrected chi connectivity index (χ3v) is 4.34. The molecule has 0 atom stereocenters. The van der Waals surface area contributed by atoms with E-state index >= 15 is 0 Å². The molecule has 0 bridgehead atoms. The van der Waals surface area contributed by atoms with Crippen LogP contribution in [0.1, 0.15) is 55.2 Å². The normalized spacial score (nSPS) is 26.0. The molecule has 1 aromatic heterocycles. The maximum absolute atomic E-state index is 12.3. The predicted molar refractivity (Wildman–Crippen MR) is 76.0 cm³/mol. The number of amides is 1. The van der Waals surface area contributed by atoms with E-state index in [0.717, 1.165) is 37.8 Å². The first-order valence-corrected chi connectivity index (χ1v) is 7.24. The topological polar surface area (TPSA) is 70.7 Å². The fourth-order valence-electron chi connectivity index (χ4n) is 2.95. The average Bonchev–Trinajstić information content (AvgIpc) is 2.78. The Morgan fingerprint density at radius 2 is 2.25 bits per heavy atom. The van der Waals surface area contributed by atoms with E-state index in [0.29, 0.717) is 11.6 Å². The first-order chi connectivity index (χ1) is 9.49. The number of nitriles is 1. The van der Waals surface area contributed by atoms with Gasteiger partial charge in [-0.15, -0.1) is 0 Å². The van der Waals surface area contributed by atoms with Crippen LogP contribution in [0.15, 0.2) is 6.07 Å². The standard InChI is InChI=1S/C15H22N4O/c1-4-12-5-7-15(10-16,8-6-12)17-14(20)13-9-11(2)18-19(13)3/h9,12H,4-8H2,1-3H3,(H,17,20). The molecule has 1 aliphatic rings. The third-order valence-electron chi connectivity index (χ3n) is 4.34. The van der Waals surface area contributed by atoms with E-state index in [1.54, 1.807) is 17.8 Å². The molecule has 1 saturated carbocycles. The molecule has 1 aliphatic carbocycles. The zero-order valence-electron chi connectivity index (χ0n) is 12.4. The Kier molecular flexibility index (Phi) is 4.12. The van der Waals surface area contributed by atoms with Gasteiger partial charge in [-0.2, -0.15) is 10.4 Å². The molecule has 0 aromatic carbocycles. The van der Waals surface area contributed by atoms with Crippen LogP contribution in [-0.2, 0) is 7.05 Å². The van der Waals surface area contributed by atoms with Gasteiger partial charge in [-0.1, -0.05) is 13.3 Å². The van der Waals surface area contributed by atoms with Crippen LogP contribution < -0.4 is 5.32 Å². The van der Waals surface area contributed by atoms with Gasteiger partial charge in [0.15, 0.2) is 0 Å². The van der Waals surface area contributed by atoms with Crippen LogP contribution >= 0.6 is 0 Å². The molecule has 0 saturated heterocycles. The minimum atomic E-state index is -0.707. The summed E-state index contributed by atoms with van der Waals surface area (Å²) < 4.78 is 1.56. The highest BCUT2D eigenvalue weighted by molar-refractivity contribution is 5.93. The molecule has 20 heavy (non-hydrogen) atoms. The van der Waals surface area contributed by atoms with Crippen molar-refractivity contribution in [2.45, 2.75) is 51.5 Å². The molecule has 108 valence electrons. The zero-order chi connectivity index (χ0) is 14.8. The number of hydrogen-bond donors (Lipinski definition) is 1. The van der Waals surface area contributed by atoms with Crippen LogP contribution in [0, 0.1) is 24.2 Å². The van der Waals surface area contributed by atoms with Gasteiger partial charge >= 0.3 is 0 Å². The Hall–Kier alpha value is -1.83. The second-order valence-corrected chi connectivity index (χ2v) is 5.79. The van der Waals surface area contributed by atoms with Crippen molar-refractivity contribution in [3.05, 3.63) is 17.5 Å². The van der Waals surface area contributed by atoms with Gasteiger partial charge in [-0.3, -0.25) is 9.48 Å². The molecule has 1 aromatic rings. The number of nitrogens with zero attached hydrogens (tertiary/aromatic N) is 3. The van der Waals surface area contributed by atoms with Crippen molar-refractivity contribution in [3.63, 3.8) is 0 Å². The highest BCUT2D eigenvalue weighted by Gasteiger charge is 2.37.